The molecule has 1 saturated heterocycles. The van der Waals surface area contributed by atoms with Crippen LogP contribution in [0.5, 0.6) is 0 Å². The normalized spacial score (nSPS) is 20.9. The molecule has 2 aliphatic rings. The zero-order valence-corrected chi connectivity index (χ0v) is 15.8. The Morgan fingerprint density at radius 1 is 1.20 bits per heavy atom. The van der Waals surface area contributed by atoms with Crippen molar-refractivity contribution < 1.29 is 23.2 Å². The standard InChI is InChI=1S/C21H18F2N4O3/c22-14-3-7-17-12(9-14)1-5-16-6-2-13(11-27(16)20(17)28)21(29)30-26-19(24)18-8-4-15(23)10-25-18/h1,3-5,7-10,13,16H,2,6,11H2,(H2,24,26). The van der Waals surface area contributed by atoms with Crippen LogP contribution in [0.4, 0.5) is 8.78 Å². The lowest BCUT2D eigenvalue weighted by molar-refractivity contribution is -0.150. The molecule has 2 N–H and O–H groups in total. The van der Waals surface area contributed by atoms with Gasteiger partial charge in [0.25, 0.3) is 5.91 Å². The fraction of sp³-hybridized carbons (Fsp3) is 0.238. The number of piperidine rings is 1. The van der Waals surface area contributed by atoms with Gasteiger partial charge in [-0.2, -0.15) is 0 Å². The fourth-order valence-electron chi connectivity index (χ4n) is 3.60. The van der Waals surface area contributed by atoms with E-state index in [1.807, 2.05) is 6.08 Å². The molecule has 4 rings (SSSR count). The number of oxime groups is 1. The number of fused-ring (bicyclic) bond motifs is 2. The van der Waals surface area contributed by atoms with Gasteiger partial charge in [-0.15, -0.1) is 0 Å². The van der Waals surface area contributed by atoms with Gasteiger partial charge in [-0.1, -0.05) is 17.3 Å². The molecule has 0 bridgehead atoms. The highest BCUT2D eigenvalue weighted by Gasteiger charge is 2.36. The van der Waals surface area contributed by atoms with Crippen molar-refractivity contribution >= 4 is 23.8 Å². The van der Waals surface area contributed by atoms with Gasteiger partial charge in [0, 0.05) is 12.1 Å². The average molecular weight is 412 g/mol. The van der Waals surface area contributed by atoms with Crippen molar-refractivity contribution in [2.45, 2.75) is 18.9 Å². The number of amides is 1. The van der Waals surface area contributed by atoms with Crippen molar-refractivity contribution in [2.75, 3.05) is 6.54 Å². The highest BCUT2D eigenvalue weighted by molar-refractivity contribution is 5.99. The molecule has 30 heavy (non-hydrogen) atoms. The summed E-state index contributed by atoms with van der Waals surface area (Å²) in [6.07, 6.45) is 5.61. The molecule has 9 heteroatoms. The fourth-order valence-corrected chi connectivity index (χ4v) is 3.60. The number of halogens is 2. The Bertz CT molecular complexity index is 1050. The molecular formula is C21H18F2N4O3. The van der Waals surface area contributed by atoms with Gasteiger partial charge < -0.3 is 15.5 Å². The summed E-state index contributed by atoms with van der Waals surface area (Å²) in [5.41, 5.74) is 6.79. The summed E-state index contributed by atoms with van der Waals surface area (Å²) in [7, 11) is 0. The summed E-state index contributed by atoms with van der Waals surface area (Å²) in [4.78, 5) is 35.7. The van der Waals surface area contributed by atoms with E-state index < -0.39 is 23.5 Å². The van der Waals surface area contributed by atoms with Gasteiger partial charge in [0.1, 0.15) is 17.3 Å². The number of aromatic nitrogens is 1. The molecule has 2 aliphatic heterocycles. The summed E-state index contributed by atoms with van der Waals surface area (Å²) in [5.74, 6) is -2.59. The van der Waals surface area contributed by atoms with Gasteiger partial charge in [0.05, 0.1) is 18.2 Å². The second kappa shape index (κ2) is 8.02. The summed E-state index contributed by atoms with van der Waals surface area (Å²) in [6, 6.07) is 6.29. The second-order valence-corrected chi connectivity index (χ2v) is 7.14. The number of pyridine rings is 1. The molecular weight excluding hydrogens is 394 g/mol. The molecule has 2 unspecified atom stereocenters. The molecule has 2 atom stereocenters. The van der Waals surface area contributed by atoms with Crippen LogP contribution in [0.15, 0.2) is 47.8 Å². The lowest BCUT2D eigenvalue weighted by atomic mass is 9.92. The molecule has 3 heterocycles. The Balaban J connectivity index is 1.46. The van der Waals surface area contributed by atoms with Crippen LogP contribution in [0.3, 0.4) is 0 Å². The molecule has 0 saturated carbocycles. The van der Waals surface area contributed by atoms with Crippen LogP contribution in [0.1, 0.15) is 34.5 Å². The van der Waals surface area contributed by atoms with E-state index in [1.54, 1.807) is 11.0 Å². The highest BCUT2D eigenvalue weighted by Crippen LogP contribution is 2.30. The van der Waals surface area contributed by atoms with Gasteiger partial charge in [-0.25, -0.2) is 18.6 Å². The number of hydrogen-bond donors (Lipinski definition) is 1. The summed E-state index contributed by atoms with van der Waals surface area (Å²) >= 11 is 0. The Morgan fingerprint density at radius 2 is 2.00 bits per heavy atom. The summed E-state index contributed by atoms with van der Waals surface area (Å²) in [6.45, 7) is 0.147. The lowest BCUT2D eigenvalue weighted by Gasteiger charge is -2.36. The van der Waals surface area contributed by atoms with Crippen molar-refractivity contribution in [2.24, 2.45) is 16.8 Å². The number of hydrogen-bond acceptors (Lipinski definition) is 5. The largest absolute Gasteiger partial charge is 0.379 e. The lowest BCUT2D eigenvalue weighted by Crippen LogP contribution is -2.47. The van der Waals surface area contributed by atoms with Crippen LogP contribution >= 0.6 is 0 Å². The summed E-state index contributed by atoms with van der Waals surface area (Å²) in [5, 5.41) is 3.59. The SMILES string of the molecule is NC(=NOC(=O)C1CCC2C=Cc3cc(F)ccc3C(=O)N2C1)c1ccc(F)cn1. The van der Waals surface area contributed by atoms with Crippen molar-refractivity contribution in [3.8, 4) is 0 Å². The van der Waals surface area contributed by atoms with E-state index in [-0.39, 0.29) is 30.0 Å². The van der Waals surface area contributed by atoms with Crippen molar-refractivity contribution in [3.63, 3.8) is 0 Å². The van der Waals surface area contributed by atoms with Gasteiger partial charge in [-0.3, -0.25) is 4.79 Å². The maximum Gasteiger partial charge on any atom is 0.339 e. The molecule has 2 aromatic rings. The van der Waals surface area contributed by atoms with E-state index >= 15 is 0 Å². The number of amidine groups is 1. The van der Waals surface area contributed by atoms with Crippen molar-refractivity contribution in [3.05, 3.63) is 71.1 Å². The van der Waals surface area contributed by atoms with Crippen LogP contribution in [0.2, 0.25) is 0 Å². The minimum atomic E-state index is -0.626. The van der Waals surface area contributed by atoms with Gasteiger partial charge >= 0.3 is 5.97 Å². The van der Waals surface area contributed by atoms with Crippen LogP contribution in [-0.4, -0.2) is 40.2 Å². The zero-order chi connectivity index (χ0) is 21.3. The van der Waals surface area contributed by atoms with E-state index in [9.17, 15) is 18.4 Å². The molecule has 154 valence electrons. The van der Waals surface area contributed by atoms with E-state index in [0.29, 0.717) is 24.0 Å². The Kier molecular flexibility index (Phi) is 5.26. The number of carbonyl (C=O) groups is 2. The number of carbonyl (C=O) groups excluding carboxylic acids is 2. The topological polar surface area (TPSA) is 97.9 Å². The van der Waals surface area contributed by atoms with Crippen LogP contribution < -0.4 is 5.73 Å². The molecule has 0 aliphatic carbocycles. The minimum Gasteiger partial charge on any atom is -0.379 e. The smallest absolute Gasteiger partial charge is 0.339 e. The molecule has 7 nitrogen and oxygen atoms in total. The quantitative estimate of drug-likeness (QED) is 0.362. The number of nitrogens with zero attached hydrogens (tertiary/aromatic N) is 3. The molecule has 0 radical (unpaired) electrons. The molecule has 1 aromatic heterocycles. The number of benzene rings is 1. The average Bonchev–Trinajstić information content (AvgIpc) is 2.88. The Morgan fingerprint density at radius 3 is 2.77 bits per heavy atom. The third-order valence-corrected chi connectivity index (χ3v) is 5.19. The zero-order valence-electron chi connectivity index (χ0n) is 15.8. The summed E-state index contributed by atoms with van der Waals surface area (Å²) < 4.78 is 26.5. The highest BCUT2D eigenvalue weighted by atomic mass is 19.1. The maximum atomic E-state index is 13.5. The molecule has 1 fully saturated rings. The van der Waals surface area contributed by atoms with Crippen LogP contribution in [-0.2, 0) is 9.63 Å². The predicted octanol–water partition coefficient (Wildman–Crippen LogP) is 2.47. The Hall–Kier alpha value is -3.62. The van der Waals surface area contributed by atoms with Crippen molar-refractivity contribution in [1.29, 1.82) is 0 Å². The number of nitrogens with two attached hydrogens (primary N) is 1. The number of rotatable bonds is 3. The monoisotopic (exact) mass is 412 g/mol. The van der Waals surface area contributed by atoms with E-state index in [2.05, 4.69) is 10.1 Å². The second-order valence-electron chi connectivity index (χ2n) is 7.14. The maximum absolute atomic E-state index is 13.5. The van der Waals surface area contributed by atoms with Gasteiger partial charge in [0.15, 0.2) is 5.84 Å². The minimum absolute atomic E-state index is 0.147. The Labute approximate surface area is 170 Å². The molecule has 0 spiro atoms. The third kappa shape index (κ3) is 3.91. The van der Waals surface area contributed by atoms with Crippen molar-refractivity contribution in [1.82, 2.24) is 9.88 Å². The van der Waals surface area contributed by atoms with Crippen LogP contribution in [0, 0.1) is 17.6 Å². The third-order valence-electron chi connectivity index (χ3n) is 5.19. The van der Waals surface area contributed by atoms with Gasteiger partial charge in [0.2, 0.25) is 0 Å². The van der Waals surface area contributed by atoms with Crippen LogP contribution in [0.25, 0.3) is 6.08 Å². The van der Waals surface area contributed by atoms with E-state index in [4.69, 9.17) is 10.6 Å². The molecule has 1 amide bonds. The predicted molar refractivity (Wildman–Crippen MR) is 104 cm³/mol. The first-order valence-electron chi connectivity index (χ1n) is 9.37. The van der Waals surface area contributed by atoms with E-state index in [0.717, 1.165) is 12.3 Å². The van der Waals surface area contributed by atoms with Gasteiger partial charge in [-0.05, 0) is 48.7 Å². The first-order valence-corrected chi connectivity index (χ1v) is 9.37. The first kappa shape index (κ1) is 19.7. The van der Waals surface area contributed by atoms with E-state index in [1.165, 1.54) is 24.3 Å². The first-order chi connectivity index (χ1) is 14.4. The molecule has 1 aromatic carbocycles.